The van der Waals surface area contributed by atoms with Gasteiger partial charge in [0.1, 0.15) is 6.10 Å². The van der Waals surface area contributed by atoms with Crippen molar-refractivity contribution in [3.63, 3.8) is 0 Å². The number of carbonyl (C=O) groups excluding carboxylic acids is 1. The minimum atomic E-state index is -0.284. The topological polar surface area (TPSA) is 46.5 Å². The average Bonchev–Trinajstić information content (AvgIpc) is 3.00. The Hall–Kier alpha value is -0.570. The van der Waals surface area contributed by atoms with E-state index in [0.717, 1.165) is 30.6 Å². The molecule has 0 aliphatic heterocycles. The zero-order valence-electron chi connectivity index (χ0n) is 16.3. The number of aliphatic hydroxyl groups is 1. The van der Waals surface area contributed by atoms with Crippen LogP contribution in [0.25, 0.3) is 0 Å². The Kier molecular flexibility index (Phi) is 3.08. The van der Waals surface area contributed by atoms with Crippen molar-refractivity contribution in [1.82, 2.24) is 0 Å². The molecule has 0 aromatic heterocycles. The third-order valence-electron chi connectivity index (χ3n) is 10.3. The van der Waals surface area contributed by atoms with Gasteiger partial charge >= 0.3 is 5.97 Å². The zero-order chi connectivity index (χ0) is 17.8. The second-order valence-corrected chi connectivity index (χ2v) is 11.1. The molecule has 1 N–H and O–H groups in total. The Balaban J connectivity index is 1.50. The van der Waals surface area contributed by atoms with Crippen molar-refractivity contribution >= 4 is 5.97 Å². The molecule has 25 heavy (non-hydrogen) atoms. The Labute approximate surface area is 151 Å². The van der Waals surface area contributed by atoms with Crippen LogP contribution in [0.3, 0.4) is 0 Å². The van der Waals surface area contributed by atoms with E-state index in [2.05, 4.69) is 20.8 Å². The lowest BCUT2D eigenvalue weighted by atomic mass is 9.39. The SMILES string of the molecule is CC(=O)O[C@@H]1CC[C@]2(C)[C@H](CC[C@]34C[C@@H]5[C@H](C[C@H]32)[C@]5(C)C4)[C@@]1(C)CO. The van der Waals surface area contributed by atoms with Crippen molar-refractivity contribution in [2.45, 2.75) is 78.7 Å². The highest BCUT2D eigenvalue weighted by Crippen LogP contribution is 2.85. The molecule has 6 rings (SSSR count). The highest BCUT2D eigenvalue weighted by Gasteiger charge is 2.78. The van der Waals surface area contributed by atoms with Crippen molar-refractivity contribution in [2.24, 2.45) is 45.3 Å². The standard InChI is InChI=1S/C22H34O3/c1-13(24)25-18-6-7-19(2)16(21(18,4)12-23)5-8-22-10-15-14(9-17(19)22)20(15,3)11-22/h14-18,23H,5-12H2,1-4H3/t14-,15+,16-,17-,18+,19+,20-,21+,22+/m0/s1. The number of hydrogen-bond donors (Lipinski definition) is 1. The molecule has 140 valence electrons. The maximum absolute atomic E-state index is 11.6. The summed E-state index contributed by atoms with van der Waals surface area (Å²) >= 11 is 0. The summed E-state index contributed by atoms with van der Waals surface area (Å²) < 4.78 is 5.71. The molecule has 0 unspecified atom stereocenters. The van der Waals surface area contributed by atoms with Gasteiger partial charge in [-0.1, -0.05) is 20.8 Å². The molecular weight excluding hydrogens is 312 g/mol. The van der Waals surface area contributed by atoms with Gasteiger partial charge in [0.2, 0.25) is 0 Å². The molecule has 0 amide bonds. The van der Waals surface area contributed by atoms with E-state index in [-0.39, 0.29) is 24.1 Å². The second-order valence-electron chi connectivity index (χ2n) is 11.1. The first-order valence-corrected chi connectivity index (χ1v) is 10.5. The van der Waals surface area contributed by atoms with Crippen LogP contribution in [0.1, 0.15) is 72.6 Å². The predicted molar refractivity (Wildman–Crippen MR) is 95.7 cm³/mol. The lowest BCUT2D eigenvalue weighted by Crippen LogP contribution is -2.62. The van der Waals surface area contributed by atoms with Gasteiger partial charge in [0.05, 0.1) is 6.61 Å². The van der Waals surface area contributed by atoms with Crippen LogP contribution in [0.4, 0.5) is 0 Å². The first-order valence-electron chi connectivity index (χ1n) is 10.5. The Bertz CT molecular complexity index is 631. The van der Waals surface area contributed by atoms with E-state index in [1.807, 2.05) is 0 Å². The Morgan fingerprint density at radius 3 is 2.44 bits per heavy atom. The minimum Gasteiger partial charge on any atom is -0.462 e. The average molecular weight is 347 g/mol. The molecule has 0 heterocycles. The molecule has 0 radical (unpaired) electrons. The summed E-state index contributed by atoms with van der Waals surface area (Å²) in [5.41, 5.74) is 1.29. The molecule has 6 saturated carbocycles. The van der Waals surface area contributed by atoms with Gasteiger partial charge in [0, 0.05) is 12.3 Å². The highest BCUT2D eigenvalue weighted by atomic mass is 16.5. The number of rotatable bonds is 2. The smallest absolute Gasteiger partial charge is 0.302 e. The molecule has 0 saturated heterocycles. The monoisotopic (exact) mass is 346 g/mol. The molecule has 0 aromatic carbocycles. The van der Waals surface area contributed by atoms with Crippen LogP contribution in [0.15, 0.2) is 0 Å². The van der Waals surface area contributed by atoms with Crippen LogP contribution in [0.2, 0.25) is 0 Å². The predicted octanol–water partition coefficient (Wildman–Crippen LogP) is 4.18. The number of ether oxygens (including phenoxy) is 1. The fraction of sp³-hybridized carbons (Fsp3) is 0.955. The summed E-state index contributed by atoms with van der Waals surface area (Å²) in [6.07, 6.45) is 8.86. The fourth-order valence-electron chi connectivity index (χ4n) is 9.24. The van der Waals surface area contributed by atoms with Crippen LogP contribution < -0.4 is 0 Å². The summed E-state index contributed by atoms with van der Waals surface area (Å²) in [6.45, 7) is 8.91. The van der Waals surface area contributed by atoms with E-state index in [9.17, 15) is 9.90 Å². The molecular formula is C22H34O3. The van der Waals surface area contributed by atoms with Gasteiger partial charge in [-0.05, 0) is 84.9 Å². The highest BCUT2D eigenvalue weighted by molar-refractivity contribution is 5.66. The second kappa shape index (κ2) is 4.64. The molecule has 3 heteroatoms. The van der Waals surface area contributed by atoms with E-state index >= 15 is 0 Å². The van der Waals surface area contributed by atoms with Crippen molar-refractivity contribution in [2.75, 3.05) is 6.61 Å². The van der Waals surface area contributed by atoms with Crippen LogP contribution in [0.5, 0.6) is 0 Å². The van der Waals surface area contributed by atoms with Crippen LogP contribution >= 0.6 is 0 Å². The fourth-order valence-corrected chi connectivity index (χ4v) is 9.24. The minimum absolute atomic E-state index is 0.119. The maximum atomic E-state index is 11.6. The van der Waals surface area contributed by atoms with E-state index in [4.69, 9.17) is 4.74 Å². The van der Waals surface area contributed by atoms with Crippen molar-refractivity contribution < 1.29 is 14.6 Å². The largest absolute Gasteiger partial charge is 0.462 e. The molecule has 4 bridgehead atoms. The van der Waals surface area contributed by atoms with Crippen LogP contribution in [-0.4, -0.2) is 23.8 Å². The molecule has 6 aliphatic rings. The van der Waals surface area contributed by atoms with Gasteiger partial charge in [0.25, 0.3) is 0 Å². The number of carbonyl (C=O) groups is 1. The zero-order valence-corrected chi connectivity index (χ0v) is 16.3. The van der Waals surface area contributed by atoms with Gasteiger partial charge in [-0.3, -0.25) is 4.79 Å². The van der Waals surface area contributed by atoms with Crippen molar-refractivity contribution in [3.8, 4) is 0 Å². The van der Waals surface area contributed by atoms with E-state index in [0.29, 0.717) is 22.2 Å². The summed E-state index contributed by atoms with van der Waals surface area (Å²) in [6, 6.07) is 0. The third-order valence-corrected chi connectivity index (χ3v) is 10.3. The number of hydrogen-bond acceptors (Lipinski definition) is 3. The van der Waals surface area contributed by atoms with Crippen LogP contribution in [0, 0.1) is 45.3 Å². The maximum Gasteiger partial charge on any atom is 0.302 e. The third kappa shape index (κ3) is 1.79. The van der Waals surface area contributed by atoms with Gasteiger partial charge in [-0.2, -0.15) is 0 Å². The molecule has 6 aliphatic carbocycles. The summed E-state index contributed by atoms with van der Waals surface area (Å²) in [5.74, 6) is 3.08. The summed E-state index contributed by atoms with van der Waals surface area (Å²) in [4.78, 5) is 11.6. The van der Waals surface area contributed by atoms with Crippen molar-refractivity contribution in [1.29, 1.82) is 0 Å². The summed E-state index contributed by atoms with van der Waals surface area (Å²) in [5, 5.41) is 10.4. The van der Waals surface area contributed by atoms with E-state index in [1.54, 1.807) is 0 Å². The Morgan fingerprint density at radius 2 is 1.84 bits per heavy atom. The molecule has 1 spiro atoms. The molecule has 0 aromatic rings. The number of esters is 1. The summed E-state index contributed by atoms with van der Waals surface area (Å²) in [7, 11) is 0. The Morgan fingerprint density at radius 1 is 1.08 bits per heavy atom. The lowest BCUT2D eigenvalue weighted by Gasteiger charge is -2.66. The van der Waals surface area contributed by atoms with Crippen molar-refractivity contribution in [3.05, 3.63) is 0 Å². The number of aliphatic hydroxyl groups excluding tert-OH is 1. The first kappa shape index (κ1) is 16.6. The first-order chi connectivity index (χ1) is 11.7. The van der Waals surface area contributed by atoms with Gasteiger partial charge in [-0.25, -0.2) is 0 Å². The van der Waals surface area contributed by atoms with Gasteiger partial charge in [-0.15, -0.1) is 0 Å². The van der Waals surface area contributed by atoms with E-state index in [1.165, 1.54) is 39.0 Å². The lowest BCUT2D eigenvalue weighted by molar-refractivity contribution is -0.216. The number of fused-ring (bicyclic) bond motifs is 1. The molecule has 3 nitrogen and oxygen atoms in total. The normalized spacial score (nSPS) is 61.2. The quantitative estimate of drug-likeness (QED) is 0.763. The van der Waals surface area contributed by atoms with Crippen LogP contribution in [-0.2, 0) is 9.53 Å². The molecule has 6 fully saturated rings. The molecule has 9 atom stereocenters. The van der Waals surface area contributed by atoms with E-state index < -0.39 is 0 Å². The van der Waals surface area contributed by atoms with Gasteiger partial charge in [0.15, 0.2) is 0 Å². The van der Waals surface area contributed by atoms with Gasteiger partial charge < -0.3 is 9.84 Å².